The van der Waals surface area contributed by atoms with Gasteiger partial charge in [-0.05, 0) is 70.1 Å². The Morgan fingerprint density at radius 2 is 1.61 bits per heavy atom. The molecule has 9 nitrogen and oxygen atoms in total. The lowest BCUT2D eigenvalue weighted by Crippen LogP contribution is -2.59. The number of hydrogen-bond acceptors (Lipinski definition) is 9. The maximum absolute atomic E-state index is 12.3. The first kappa shape index (κ1) is 39.8. The number of ketones is 1. The molecule has 0 spiro atoms. The van der Waals surface area contributed by atoms with E-state index >= 15 is 0 Å². The predicted molar refractivity (Wildman–Crippen MR) is 179 cm³/mol. The highest BCUT2D eigenvalue weighted by Crippen LogP contribution is 2.44. The standard InChI is InChI=1S/C37H58O9/c1-6-7-8-9-10-11-12-13-14-15-16-17-18-19-20-21-31(39)44-26-30-32(40)33(41)34(42)35(46-30)45-28(3)22-23-37(43)27(2)24-29(38)25-36(37,4)5/h7-8,10-11,13-14,22-24,28,30,32-35,40-43H,6,9,12,15-21,25-26H2,1-5H3/b8-7-,11-10-,14-13-,23-22+/t28-,30+,32+,33-,34+,35+,37-/m0/s1. The maximum Gasteiger partial charge on any atom is 0.305 e. The second-order valence-corrected chi connectivity index (χ2v) is 13.1. The molecule has 1 fully saturated rings. The highest BCUT2D eigenvalue weighted by molar-refractivity contribution is 5.92. The minimum atomic E-state index is -1.57. The molecule has 1 saturated heterocycles. The average molecular weight is 647 g/mol. The Labute approximate surface area is 275 Å². The fourth-order valence-electron chi connectivity index (χ4n) is 5.70. The van der Waals surface area contributed by atoms with Gasteiger partial charge in [0.15, 0.2) is 12.1 Å². The molecule has 0 saturated carbocycles. The van der Waals surface area contributed by atoms with E-state index < -0.39 is 53.8 Å². The number of ether oxygens (including phenoxy) is 3. The van der Waals surface area contributed by atoms with Crippen molar-refractivity contribution in [2.75, 3.05) is 6.61 Å². The van der Waals surface area contributed by atoms with Crippen LogP contribution in [0, 0.1) is 5.41 Å². The summed E-state index contributed by atoms with van der Waals surface area (Å²) in [6, 6.07) is 0. The molecule has 0 amide bonds. The van der Waals surface area contributed by atoms with Crippen molar-refractivity contribution in [1.29, 1.82) is 0 Å². The molecule has 0 aromatic rings. The Hall–Kier alpha value is -2.40. The van der Waals surface area contributed by atoms with E-state index in [2.05, 4.69) is 43.4 Å². The SMILES string of the molecule is CC/C=C\C/C=C\C/C=C\CCCCCCCC(=O)OC[C@H]1O[C@@H](O[C@@H](C)/C=C/[C@]2(O)C(C)=CC(=O)CC2(C)C)[C@H](O)[C@@H](O)[C@@H]1O. The normalized spacial score (nSPS) is 29.3. The van der Waals surface area contributed by atoms with E-state index in [0.29, 0.717) is 12.0 Å². The fourth-order valence-corrected chi connectivity index (χ4v) is 5.70. The molecule has 260 valence electrons. The number of hydrogen-bond donors (Lipinski definition) is 4. The Bertz CT molecular complexity index is 1090. The quantitative estimate of drug-likeness (QED) is 0.0805. The van der Waals surface area contributed by atoms with Gasteiger partial charge in [0.1, 0.15) is 36.6 Å². The molecule has 1 aliphatic heterocycles. The molecule has 0 bridgehead atoms. The van der Waals surface area contributed by atoms with Crippen LogP contribution >= 0.6 is 0 Å². The lowest BCUT2D eigenvalue weighted by Gasteiger charge is -2.44. The first-order chi connectivity index (χ1) is 21.8. The van der Waals surface area contributed by atoms with Gasteiger partial charge < -0.3 is 34.6 Å². The van der Waals surface area contributed by atoms with Crippen LogP contribution < -0.4 is 0 Å². The Morgan fingerprint density at radius 3 is 2.28 bits per heavy atom. The van der Waals surface area contributed by atoms with Crippen molar-refractivity contribution < 1.29 is 44.2 Å². The van der Waals surface area contributed by atoms with Gasteiger partial charge in [-0.1, -0.05) is 82.6 Å². The van der Waals surface area contributed by atoms with Gasteiger partial charge in [-0.3, -0.25) is 9.59 Å². The zero-order chi connectivity index (χ0) is 34.2. The third kappa shape index (κ3) is 12.7. The van der Waals surface area contributed by atoms with Crippen molar-refractivity contribution in [3.05, 3.63) is 60.3 Å². The van der Waals surface area contributed by atoms with Crippen LogP contribution in [-0.2, 0) is 23.8 Å². The van der Waals surface area contributed by atoms with Crippen LogP contribution in [0.1, 0.15) is 105 Å². The lowest BCUT2D eigenvalue weighted by atomic mass is 9.64. The number of aliphatic hydroxyl groups is 4. The summed E-state index contributed by atoms with van der Waals surface area (Å²) in [5.74, 6) is -0.468. The van der Waals surface area contributed by atoms with Crippen LogP contribution in [0.2, 0.25) is 0 Å². The van der Waals surface area contributed by atoms with Gasteiger partial charge in [-0.2, -0.15) is 0 Å². The molecule has 9 heteroatoms. The summed E-state index contributed by atoms with van der Waals surface area (Å²) >= 11 is 0. The van der Waals surface area contributed by atoms with Gasteiger partial charge in [0, 0.05) is 18.3 Å². The molecule has 2 aliphatic rings. The Morgan fingerprint density at radius 1 is 0.978 bits per heavy atom. The molecular formula is C37H58O9. The minimum absolute atomic E-state index is 0.0485. The number of carbonyl (C=O) groups is 2. The molecule has 0 aromatic heterocycles. The third-order valence-corrected chi connectivity index (χ3v) is 8.69. The zero-order valence-corrected chi connectivity index (χ0v) is 28.5. The van der Waals surface area contributed by atoms with Crippen LogP contribution in [0.4, 0.5) is 0 Å². The number of allylic oxidation sites excluding steroid dienone is 7. The predicted octanol–water partition coefficient (Wildman–Crippen LogP) is 5.56. The third-order valence-electron chi connectivity index (χ3n) is 8.69. The molecule has 0 unspecified atom stereocenters. The van der Waals surface area contributed by atoms with Crippen LogP contribution in [0.25, 0.3) is 0 Å². The van der Waals surface area contributed by atoms with Gasteiger partial charge in [-0.15, -0.1) is 0 Å². The first-order valence-corrected chi connectivity index (χ1v) is 16.9. The zero-order valence-electron chi connectivity index (χ0n) is 28.5. The number of esters is 1. The largest absolute Gasteiger partial charge is 0.463 e. The summed E-state index contributed by atoms with van der Waals surface area (Å²) in [6.07, 6.45) is 19.4. The molecule has 0 radical (unpaired) electrons. The van der Waals surface area contributed by atoms with E-state index in [1.165, 1.54) is 6.08 Å². The summed E-state index contributed by atoms with van der Waals surface area (Å²) in [4.78, 5) is 24.3. The molecule has 0 aromatic carbocycles. The molecule has 1 heterocycles. The molecule has 1 aliphatic carbocycles. The van der Waals surface area contributed by atoms with Crippen LogP contribution in [-0.4, -0.2) is 81.2 Å². The van der Waals surface area contributed by atoms with E-state index in [0.717, 1.165) is 51.4 Å². The second-order valence-electron chi connectivity index (χ2n) is 13.1. The molecular weight excluding hydrogens is 588 g/mol. The van der Waals surface area contributed by atoms with E-state index in [1.807, 2.05) is 13.8 Å². The van der Waals surface area contributed by atoms with Gasteiger partial charge >= 0.3 is 5.97 Å². The number of carbonyl (C=O) groups excluding carboxylic acids is 2. The topological polar surface area (TPSA) is 143 Å². The lowest BCUT2D eigenvalue weighted by molar-refractivity contribution is -0.307. The second kappa shape index (κ2) is 20.1. The van der Waals surface area contributed by atoms with Gasteiger partial charge in [-0.25, -0.2) is 0 Å². The Balaban J connectivity index is 1.70. The van der Waals surface area contributed by atoms with Crippen molar-refractivity contribution in [1.82, 2.24) is 0 Å². The van der Waals surface area contributed by atoms with Crippen molar-refractivity contribution in [2.45, 2.75) is 148 Å². The number of unbranched alkanes of at least 4 members (excludes halogenated alkanes) is 5. The van der Waals surface area contributed by atoms with Crippen LogP contribution in [0.3, 0.4) is 0 Å². The first-order valence-electron chi connectivity index (χ1n) is 16.9. The summed E-state index contributed by atoms with van der Waals surface area (Å²) in [7, 11) is 0. The van der Waals surface area contributed by atoms with Crippen molar-refractivity contribution >= 4 is 11.8 Å². The monoisotopic (exact) mass is 646 g/mol. The summed E-state index contributed by atoms with van der Waals surface area (Å²) < 4.78 is 16.8. The smallest absolute Gasteiger partial charge is 0.305 e. The molecule has 2 rings (SSSR count). The van der Waals surface area contributed by atoms with E-state index in [4.69, 9.17) is 14.2 Å². The number of aliphatic hydroxyl groups excluding tert-OH is 3. The fraction of sp³-hybridized carbons (Fsp3) is 0.676. The summed E-state index contributed by atoms with van der Waals surface area (Å²) in [6.45, 7) is 8.82. The van der Waals surface area contributed by atoms with Crippen molar-refractivity contribution in [2.24, 2.45) is 5.41 Å². The average Bonchev–Trinajstić information content (AvgIpc) is 3.00. The maximum atomic E-state index is 12.3. The van der Waals surface area contributed by atoms with Crippen LogP contribution in [0.5, 0.6) is 0 Å². The molecule has 4 N–H and O–H groups in total. The highest BCUT2D eigenvalue weighted by atomic mass is 16.7. The number of rotatable bonds is 19. The van der Waals surface area contributed by atoms with E-state index in [1.54, 1.807) is 26.0 Å². The van der Waals surface area contributed by atoms with E-state index in [-0.39, 0.29) is 25.2 Å². The van der Waals surface area contributed by atoms with Crippen molar-refractivity contribution in [3.63, 3.8) is 0 Å². The molecule has 46 heavy (non-hydrogen) atoms. The Kier molecular flexibility index (Phi) is 17.4. The van der Waals surface area contributed by atoms with Gasteiger partial charge in [0.05, 0.1) is 6.10 Å². The summed E-state index contributed by atoms with van der Waals surface area (Å²) in [5, 5.41) is 42.7. The van der Waals surface area contributed by atoms with E-state index in [9.17, 15) is 30.0 Å². The van der Waals surface area contributed by atoms with Crippen molar-refractivity contribution in [3.8, 4) is 0 Å². The van der Waals surface area contributed by atoms with Gasteiger partial charge in [0.2, 0.25) is 0 Å². The van der Waals surface area contributed by atoms with Gasteiger partial charge in [0.25, 0.3) is 0 Å². The highest BCUT2D eigenvalue weighted by Gasteiger charge is 2.47. The molecule has 7 atom stereocenters. The summed E-state index contributed by atoms with van der Waals surface area (Å²) in [5.41, 5.74) is -1.60. The minimum Gasteiger partial charge on any atom is -0.463 e. The van der Waals surface area contributed by atoms with Crippen LogP contribution in [0.15, 0.2) is 60.3 Å².